The van der Waals surface area contributed by atoms with Gasteiger partial charge in [0.25, 0.3) is 0 Å². The number of aryl methyl sites for hydroxylation is 2. The zero-order valence-corrected chi connectivity index (χ0v) is 19.3. The van der Waals surface area contributed by atoms with Crippen LogP contribution in [-0.2, 0) is 12.8 Å². The lowest BCUT2D eigenvalue weighted by Crippen LogP contribution is -1.93. The van der Waals surface area contributed by atoms with Gasteiger partial charge in [-0.1, -0.05) is 90.2 Å². The van der Waals surface area contributed by atoms with E-state index in [1.54, 1.807) is 0 Å². The highest BCUT2D eigenvalue weighted by molar-refractivity contribution is 6.02. The number of hydrogen-bond donors (Lipinski definition) is 0. The van der Waals surface area contributed by atoms with Gasteiger partial charge in [0, 0.05) is 23.2 Å². The maximum absolute atomic E-state index is 4.81. The summed E-state index contributed by atoms with van der Waals surface area (Å²) < 4.78 is 0. The second kappa shape index (κ2) is 12.7. The maximum atomic E-state index is 4.81. The molecule has 0 bridgehead atoms. The Morgan fingerprint density at radius 2 is 0.933 bits per heavy atom. The molecule has 2 aromatic heterocycles. The molecular formula is C28H40N2. The minimum Gasteiger partial charge on any atom is -0.254 e. The molecule has 1 aromatic carbocycles. The Bertz CT molecular complexity index is 825. The van der Waals surface area contributed by atoms with Gasteiger partial charge in [0.1, 0.15) is 0 Å². The normalized spacial score (nSPS) is 11.5. The average molecular weight is 405 g/mol. The quantitative estimate of drug-likeness (QED) is 0.198. The fourth-order valence-corrected chi connectivity index (χ4v) is 4.38. The lowest BCUT2D eigenvalue weighted by molar-refractivity contribution is 0.607. The van der Waals surface area contributed by atoms with Gasteiger partial charge in [-0.25, -0.2) is 0 Å². The Kier molecular flexibility index (Phi) is 9.60. The topological polar surface area (TPSA) is 25.8 Å². The summed E-state index contributed by atoms with van der Waals surface area (Å²) in [5.74, 6) is 0. The van der Waals surface area contributed by atoms with Crippen LogP contribution in [0.1, 0.15) is 102 Å². The number of rotatable bonds is 14. The molecule has 162 valence electrons. The van der Waals surface area contributed by atoms with E-state index in [0.29, 0.717) is 0 Å². The third-order valence-electron chi connectivity index (χ3n) is 6.25. The van der Waals surface area contributed by atoms with Crippen molar-refractivity contribution >= 4 is 21.8 Å². The molecule has 0 saturated heterocycles. The van der Waals surface area contributed by atoms with Crippen LogP contribution in [0, 0.1) is 0 Å². The second-order valence-electron chi connectivity index (χ2n) is 8.93. The Balaban J connectivity index is 1.58. The van der Waals surface area contributed by atoms with E-state index in [-0.39, 0.29) is 0 Å². The van der Waals surface area contributed by atoms with Crippen LogP contribution >= 0.6 is 0 Å². The minimum atomic E-state index is 1.05. The molecule has 0 aliphatic rings. The third-order valence-corrected chi connectivity index (χ3v) is 6.25. The molecule has 30 heavy (non-hydrogen) atoms. The SMILES string of the molecule is CCCCCCCCc1cnc2c(ccc3cc(CCCCCCCC)cnc32)c1. The second-order valence-corrected chi connectivity index (χ2v) is 8.93. The molecular weight excluding hydrogens is 364 g/mol. The number of fused-ring (bicyclic) bond motifs is 3. The number of aromatic nitrogens is 2. The fourth-order valence-electron chi connectivity index (χ4n) is 4.38. The van der Waals surface area contributed by atoms with Crippen LogP contribution in [-0.4, -0.2) is 9.97 Å². The smallest absolute Gasteiger partial charge is 0.0964 e. The van der Waals surface area contributed by atoms with Gasteiger partial charge >= 0.3 is 0 Å². The largest absolute Gasteiger partial charge is 0.254 e. The van der Waals surface area contributed by atoms with Gasteiger partial charge in [-0.3, -0.25) is 9.97 Å². The van der Waals surface area contributed by atoms with E-state index in [9.17, 15) is 0 Å². The Morgan fingerprint density at radius 1 is 0.533 bits per heavy atom. The molecule has 0 radical (unpaired) electrons. The van der Waals surface area contributed by atoms with E-state index in [1.165, 1.54) is 98.9 Å². The van der Waals surface area contributed by atoms with Gasteiger partial charge in [-0.15, -0.1) is 0 Å². The van der Waals surface area contributed by atoms with Crippen molar-refractivity contribution in [2.75, 3.05) is 0 Å². The molecule has 0 aliphatic heterocycles. The molecule has 0 fully saturated rings. The zero-order valence-electron chi connectivity index (χ0n) is 19.3. The molecule has 0 amide bonds. The summed E-state index contributed by atoms with van der Waals surface area (Å²) in [4.78, 5) is 9.62. The highest BCUT2D eigenvalue weighted by Gasteiger charge is 2.06. The van der Waals surface area contributed by atoms with Gasteiger partial charge in [0.2, 0.25) is 0 Å². The van der Waals surface area contributed by atoms with Crippen molar-refractivity contribution in [1.29, 1.82) is 0 Å². The van der Waals surface area contributed by atoms with E-state index >= 15 is 0 Å². The van der Waals surface area contributed by atoms with Gasteiger partial charge in [0.15, 0.2) is 0 Å². The van der Waals surface area contributed by atoms with Crippen molar-refractivity contribution in [2.45, 2.75) is 104 Å². The summed E-state index contributed by atoms with van der Waals surface area (Å²) in [5.41, 5.74) is 4.81. The van der Waals surface area contributed by atoms with Gasteiger partial charge < -0.3 is 0 Å². The summed E-state index contributed by atoms with van der Waals surface area (Å²) >= 11 is 0. The van der Waals surface area contributed by atoms with E-state index < -0.39 is 0 Å². The van der Waals surface area contributed by atoms with Crippen LogP contribution < -0.4 is 0 Å². The summed E-state index contributed by atoms with van der Waals surface area (Å²) in [6.07, 6.45) is 22.5. The first-order valence-corrected chi connectivity index (χ1v) is 12.5. The van der Waals surface area contributed by atoms with E-state index in [0.717, 1.165) is 23.9 Å². The van der Waals surface area contributed by atoms with Gasteiger partial charge in [-0.2, -0.15) is 0 Å². The van der Waals surface area contributed by atoms with Crippen molar-refractivity contribution < 1.29 is 0 Å². The first kappa shape index (κ1) is 22.7. The molecule has 3 rings (SSSR count). The van der Waals surface area contributed by atoms with Crippen molar-refractivity contribution in [1.82, 2.24) is 9.97 Å². The van der Waals surface area contributed by atoms with E-state index in [1.807, 2.05) is 0 Å². The average Bonchev–Trinajstić information content (AvgIpc) is 2.78. The highest BCUT2D eigenvalue weighted by atomic mass is 14.7. The summed E-state index contributed by atoms with van der Waals surface area (Å²) in [6, 6.07) is 9.09. The summed E-state index contributed by atoms with van der Waals surface area (Å²) in [5, 5.41) is 2.45. The van der Waals surface area contributed by atoms with Gasteiger partial charge in [-0.05, 0) is 48.9 Å². The number of nitrogens with zero attached hydrogens (tertiary/aromatic N) is 2. The van der Waals surface area contributed by atoms with Crippen LogP contribution in [0.2, 0.25) is 0 Å². The van der Waals surface area contributed by atoms with Crippen molar-refractivity contribution in [2.24, 2.45) is 0 Å². The summed E-state index contributed by atoms with van der Waals surface area (Å²) in [6.45, 7) is 4.55. The zero-order chi connectivity index (χ0) is 21.0. The first-order valence-electron chi connectivity index (χ1n) is 12.5. The molecule has 0 spiro atoms. The predicted octanol–water partition coefficient (Wildman–Crippen LogP) is 8.59. The predicted molar refractivity (Wildman–Crippen MR) is 131 cm³/mol. The minimum absolute atomic E-state index is 1.05. The van der Waals surface area contributed by atoms with Crippen molar-refractivity contribution in [3.05, 3.63) is 47.8 Å². The standard InChI is InChI=1S/C28H40N2/c1-3-5-7-9-11-13-15-23-19-25-17-18-26-20-24(16-14-12-10-8-6-4-2)22-30-28(26)27(25)29-21-23/h17-22H,3-16H2,1-2H3. The lowest BCUT2D eigenvalue weighted by atomic mass is 10.0. The van der Waals surface area contributed by atoms with Crippen LogP contribution in [0.15, 0.2) is 36.7 Å². The molecule has 2 heteroatoms. The molecule has 0 unspecified atom stereocenters. The van der Waals surface area contributed by atoms with Gasteiger partial charge in [0.05, 0.1) is 11.0 Å². The molecule has 0 atom stereocenters. The maximum Gasteiger partial charge on any atom is 0.0964 e. The van der Waals surface area contributed by atoms with Crippen LogP contribution in [0.5, 0.6) is 0 Å². The number of hydrogen-bond acceptors (Lipinski definition) is 2. The van der Waals surface area contributed by atoms with Crippen LogP contribution in [0.25, 0.3) is 21.8 Å². The summed E-state index contributed by atoms with van der Waals surface area (Å²) in [7, 11) is 0. The first-order chi connectivity index (χ1) is 14.8. The molecule has 3 aromatic rings. The van der Waals surface area contributed by atoms with E-state index in [4.69, 9.17) is 9.97 Å². The van der Waals surface area contributed by atoms with E-state index in [2.05, 4.69) is 50.5 Å². The van der Waals surface area contributed by atoms with Crippen molar-refractivity contribution in [3.63, 3.8) is 0 Å². The monoisotopic (exact) mass is 404 g/mol. The molecule has 0 aliphatic carbocycles. The number of unbranched alkanes of at least 4 members (excludes halogenated alkanes) is 10. The Hall–Kier alpha value is -1.96. The molecule has 2 nitrogen and oxygen atoms in total. The fraction of sp³-hybridized carbons (Fsp3) is 0.571. The molecule has 0 saturated carbocycles. The molecule has 0 N–H and O–H groups in total. The van der Waals surface area contributed by atoms with Crippen molar-refractivity contribution in [3.8, 4) is 0 Å². The van der Waals surface area contributed by atoms with Crippen LogP contribution in [0.4, 0.5) is 0 Å². The Labute approximate surface area is 183 Å². The lowest BCUT2D eigenvalue weighted by Gasteiger charge is -2.08. The Morgan fingerprint density at radius 3 is 1.37 bits per heavy atom. The number of pyridine rings is 2. The molecule has 2 heterocycles. The van der Waals surface area contributed by atoms with Crippen LogP contribution in [0.3, 0.4) is 0 Å². The highest BCUT2D eigenvalue weighted by Crippen LogP contribution is 2.24. The number of benzene rings is 1. The third kappa shape index (κ3) is 6.79.